The molecule has 0 radical (unpaired) electrons. The van der Waals surface area contributed by atoms with Gasteiger partial charge in [-0.25, -0.2) is 0 Å². The van der Waals surface area contributed by atoms with Crippen LogP contribution in [0.25, 0.3) is 0 Å². The maximum atomic E-state index is 11.0. The van der Waals surface area contributed by atoms with Crippen LogP contribution in [0, 0.1) is 0 Å². The molecule has 0 aromatic heterocycles. The molecule has 0 spiro atoms. The number of carboxylic acid groups (broad SMARTS) is 1. The van der Waals surface area contributed by atoms with E-state index in [1.807, 2.05) is 0 Å². The maximum absolute atomic E-state index is 11.0. The molecule has 0 aliphatic rings. The standard InChI is InChI=1S/C7H17NO6S2/c1-13-16(11,12)14-15(2,3)5-4-6(8)7(9)10/h6H,4-5,8H2,1-3H3,(H,9,10). The smallest absolute Gasteiger partial charge is 0.409 e. The molecule has 9 heteroatoms. The zero-order valence-corrected chi connectivity index (χ0v) is 11.0. The molecule has 0 heterocycles. The molecule has 1 unspecified atom stereocenters. The van der Waals surface area contributed by atoms with Gasteiger partial charge in [-0.1, -0.05) is 0 Å². The summed E-state index contributed by atoms with van der Waals surface area (Å²) in [6, 6.07) is -1.01. The molecular weight excluding hydrogens is 258 g/mol. The van der Waals surface area contributed by atoms with Crippen LogP contribution in [0.1, 0.15) is 6.42 Å². The molecule has 0 bridgehead atoms. The Morgan fingerprint density at radius 1 is 1.44 bits per heavy atom. The Labute approximate surface area is 96.8 Å². The lowest BCUT2D eigenvalue weighted by molar-refractivity contribution is -0.138. The summed E-state index contributed by atoms with van der Waals surface area (Å²) in [4.78, 5) is 10.5. The lowest BCUT2D eigenvalue weighted by Crippen LogP contribution is -2.32. The number of hydrogen-bond acceptors (Lipinski definition) is 6. The van der Waals surface area contributed by atoms with Crippen LogP contribution in [-0.4, -0.2) is 50.9 Å². The van der Waals surface area contributed by atoms with Crippen molar-refractivity contribution in [2.24, 2.45) is 5.73 Å². The quantitative estimate of drug-likeness (QED) is 0.653. The molecule has 7 nitrogen and oxygen atoms in total. The second kappa shape index (κ2) is 5.82. The Bertz CT molecular complexity index is 339. The minimum Gasteiger partial charge on any atom is -0.480 e. The number of nitrogens with two attached hydrogens (primary N) is 1. The van der Waals surface area contributed by atoms with Gasteiger partial charge in [-0.05, 0) is 18.9 Å². The third-order valence-electron chi connectivity index (χ3n) is 1.71. The Morgan fingerprint density at radius 2 is 1.94 bits per heavy atom. The van der Waals surface area contributed by atoms with Crippen LogP contribution in [0.15, 0.2) is 0 Å². The summed E-state index contributed by atoms with van der Waals surface area (Å²) < 4.78 is 31.0. The molecule has 0 aliphatic carbocycles. The summed E-state index contributed by atoms with van der Waals surface area (Å²) in [5, 5.41) is 8.56. The zero-order valence-electron chi connectivity index (χ0n) is 9.37. The van der Waals surface area contributed by atoms with Crippen molar-refractivity contribution in [3.05, 3.63) is 0 Å². The van der Waals surface area contributed by atoms with Gasteiger partial charge in [0, 0.05) is 5.75 Å². The molecule has 0 aromatic carbocycles. The van der Waals surface area contributed by atoms with Gasteiger partial charge in [0.05, 0.1) is 7.11 Å². The van der Waals surface area contributed by atoms with Crippen molar-refractivity contribution in [3.8, 4) is 0 Å². The van der Waals surface area contributed by atoms with E-state index in [9.17, 15) is 13.2 Å². The van der Waals surface area contributed by atoms with Crippen LogP contribution in [-0.2, 0) is 23.0 Å². The predicted octanol–water partition coefficient (Wildman–Crippen LogP) is -0.325. The van der Waals surface area contributed by atoms with Gasteiger partial charge in [0.1, 0.15) is 6.04 Å². The van der Waals surface area contributed by atoms with Crippen LogP contribution < -0.4 is 5.73 Å². The summed E-state index contributed by atoms with van der Waals surface area (Å²) in [5.74, 6) is -0.854. The van der Waals surface area contributed by atoms with E-state index >= 15 is 0 Å². The average molecular weight is 275 g/mol. The van der Waals surface area contributed by atoms with Gasteiger partial charge in [-0.2, -0.15) is 12.0 Å². The van der Waals surface area contributed by atoms with Gasteiger partial charge in [0.25, 0.3) is 0 Å². The fraction of sp³-hybridized carbons (Fsp3) is 0.857. The van der Waals surface area contributed by atoms with Crippen LogP contribution in [0.5, 0.6) is 0 Å². The topological polar surface area (TPSA) is 116 Å². The van der Waals surface area contributed by atoms with Crippen LogP contribution in [0.4, 0.5) is 0 Å². The first-order chi connectivity index (χ1) is 7.09. The lowest BCUT2D eigenvalue weighted by atomic mass is 10.2. The first-order valence-corrected chi connectivity index (χ1v) is 8.18. The van der Waals surface area contributed by atoms with E-state index in [-0.39, 0.29) is 12.2 Å². The molecule has 0 fully saturated rings. The number of carbonyl (C=O) groups is 1. The van der Waals surface area contributed by atoms with Crippen LogP contribution in [0.2, 0.25) is 0 Å². The summed E-state index contributed by atoms with van der Waals surface area (Å²) in [7, 11) is -4.94. The van der Waals surface area contributed by atoms with E-state index in [0.717, 1.165) is 7.11 Å². The highest BCUT2D eigenvalue weighted by Gasteiger charge is 2.24. The minimum atomic E-state index is -4.00. The molecule has 0 amide bonds. The van der Waals surface area contributed by atoms with Crippen LogP contribution >= 0.6 is 10.3 Å². The Hall–Kier alpha value is -0.350. The molecule has 3 N–H and O–H groups in total. The van der Waals surface area contributed by atoms with E-state index in [4.69, 9.17) is 14.5 Å². The van der Waals surface area contributed by atoms with Crippen molar-refractivity contribution < 1.29 is 26.1 Å². The van der Waals surface area contributed by atoms with Crippen molar-refractivity contribution in [2.75, 3.05) is 25.4 Å². The summed E-state index contributed by atoms with van der Waals surface area (Å²) in [5.41, 5.74) is 5.30. The Kier molecular flexibility index (Phi) is 5.70. The van der Waals surface area contributed by atoms with Crippen molar-refractivity contribution >= 4 is 26.7 Å². The summed E-state index contributed by atoms with van der Waals surface area (Å²) in [6.45, 7) is 0. The molecular formula is C7H17NO6S2. The van der Waals surface area contributed by atoms with E-state index < -0.39 is 32.7 Å². The second-order valence-corrected chi connectivity index (χ2v) is 8.49. The number of hydrogen-bond donors (Lipinski definition) is 2. The molecule has 0 saturated carbocycles. The molecule has 1 atom stereocenters. The average Bonchev–Trinajstić information content (AvgIpc) is 2.12. The third kappa shape index (κ3) is 6.28. The highest BCUT2D eigenvalue weighted by molar-refractivity contribution is 8.31. The first-order valence-electron chi connectivity index (χ1n) is 4.30. The van der Waals surface area contributed by atoms with Crippen molar-refractivity contribution in [1.29, 1.82) is 0 Å². The fourth-order valence-electron chi connectivity index (χ4n) is 0.822. The van der Waals surface area contributed by atoms with Gasteiger partial charge < -0.3 is 10.8 Å². The second-order valence-electron chi connectivity index (χ2n) is 3.52. The minimum absolute atomic E-state index is 0.150. The summed E-state index contributed by atoms with van der Waals surface area (Å²) >= 11 is 0. The van der Waals surface area contributed by atoms with E-state index in [2.05, 4.69) is 4.18 Å². The van der Waals surface area contributed by atoms with E-state index in [1.165, 1.54) is 0 Å². The van der Waals surface area contributed by atoms with Gasteiger partial charge in [-0.3, -0.25) is 8.98 Å². The normalized spacial score (nSPS) is 15.8. The number of carboxylic acids is 1. The van der Waals surface area contributed by atoms with Crippen LogP contribution in [0.3, 0.4) is 0 Å². The fourth-order valence-corrected chi connectivity index (χ4v) is 3.94. The van der Waals surface area contributed by atoms with Gasteiger partial charge >= 0.3 is 16.4 Å². The van der Waals surface area contributed by atoms with Crippen molar-refractivity contribution in [3.63, 3.8) is 0 Å². The van der Waals surface area contributed by atoms with Gasteiger partial charge in [0.15, 0.2) is 0 Å². The number of aliphatic carboxylic acids is 1. The van der Waals surface area contributed by atoms with Crippen molar-refractivity contribution in [2.45, 2.75) is 12.5 Å². The number of rotatable bonds is 7. The first kappa shape index (κ1) is 15.7. The SMILES string of the molecule is COS(=O)(=O)OS(C)(C)CCC(N)C(=O)O. The van der Waals surface area contributed by atoms with E-state index in [1.54, 1.807) is 12.5 Å². The molecule has 0 aromatic rings. The summed E-state index contributed by atoms with van der Waals surface area (Å²) in [6.07, 6.45) is 3.34. The zero-order chi connectivity index (χ0) is 13.0. The maximum Gasteiger partial charge on any atom is 0.409 e. The molecule has 16 heavy (non-hydrogen) atoms. The van der Waals surface area contributed by atoms with Gasteiger partial charge in [0.2, 0.25) is 0 Å². The molecule has 98 valence electrons. The highest BCUT2D eigenvalue weighted by atomic mass is 32.3. The molecule has 0 rings (SSSR count). The predicted molar refractivity (Wildman–Crippen MR) is 61.5 cm³/mol. The van der Waals surface area contributed by atoms with Crippen molar-refractivity contribution in [1.82, 2.24) is 0 Å². The Morgan fingerprint density at radius 3 is 2.31 bits per heavy atom. The molecule has 0 aliphatic heterocycles. The lowest BCUT2D eigenvalue weighted by Gasteiger charge is -2.29. The largest absolute Gasteiger partial charge is 0.480 e. The monoisotopic (exact) mass is 275 g/mol. The van der Waals surface area contributed by atoms with E-state index in [0.29, 0.717) is 0 Å². The third-order valence-corrected chi connectivity index (χ3v) is 5.48. The highest BCUT2D eigenvalue weighted by Crippen LogP contribution is 2.43. The molecule has 0 saturated heterocycles. The Balaban J connectivity index is 4.31. The van der Waals surface area contributed by atoms with Gasteiger partial charge in [-0.15, -0.1) is 10.3 Å².